The van der Waals surface area contributed by atoms with Crippen LogP contribution in [0.15, 0.2) is 36.4 Å². The van der Waals surface area contributed by atoms with Gasteiger partial charge in [0.25, 0.3) is 17.7 Å². The molecule has 0 saturated carbocycles. The molecule has 1 aliphatic heterocycles. The van der Waals surface area contributed by atoms with E-state index in [4.69, 9.17) is 0 Å². The number of aryl methyl sites for hydroxylation is 2. The number of nitrogens with zero attached hydrogens (tertiary/aromatic N) is 1. The van der Waals surface area contributed by atoms with E-state index in [1.165, 1.54) is 12.1 Å². The van der Waals surface area contributed by atoms with Gasteiger partial charge in [-0.25, -0.2) is 4.39 Å². The highest BCUT2D eigenvalue weighted by molar-refractivity contribution is 6.21. The minimum Gasteiger partial charge on any atom is -0.350 e. The Bertz CT molecular complexity index is 892. The first-order valence-corrected chi connectivity index (χ1v) is 7.90. The van der Waals surface area contributed by atoms with Gasteiger partial charge in [-0.2, -0.15) is 0 Å². The van der Waals surface area contributed by atoms with E-state index in [2.05, 4.69) is 5.32 Å². The Labute approximate surface area is 144 Å². The van der Waals surface area contributed by atoms with Crippen molar-refractivity contribution in [3.63, 3.8) is 0 Å². The molecular weight excluding hydrogens is 323 g/mol. The van der Waals surface area contributed by atoms with Crippen molar-refractivity contribution in [2.75, 3.05) is 13.1 Å². The number of carbonyl (C=O) groups is 3. The van der Waals surface area contributed by atoms with Crippen molar-refractivity contribution in [1.29, 1.82) is 0 Å². The third-order valence-electron chi connectivity index (χ3n) is 4.34. The summed E-state index contributed by atoms with van der Waals surface area (Å²) in [5, 5.41) is 2.68. The van der Waals surface area contributed by atoms with Crippen molar-refractivity contribution in [1.82, 2.24) is 10.2 Å². The molecule has 0 fully saturated rings. The average Bonchev–Trinajstić information content (AvgIpc) is 2.83. The van der Waals surface area contributed by atoms with Crippen LogP contribution in [0.4, 0.5) is 4.39 Å². The minimum absolute atomic E-state index is 0.0115. The summed E-state index contributed by atoms with van der Waals surface area (Å²) < 4.78 is 13.8. The summed E-state index contributed by atoms with van der Waals surface area (Å²) in [4.78, 5) is 37.5. The van der Waals surface area contributed by atoms with Crippen molar-refractivity contribution >= 4 is 17.7 Å². The van der Waals surface area contributed by atoms with Crippen LogP contribution in [0.1, 0.15) is 42.2 Å². The summed E-state index contributed by atoms with van der Waals surface area (Å²) in [6.07, 6.45) is 0. The molecule has 0 aromatic heterocycles. The molecule has 1 aliphatic rings. The fourth-order valence-corrected chi connectivity index (χ4v) is 2.76. The van der Waals surface area contributed by atoms with E-state index in [-0.39, 0.29) is 30.1 Å². The van der Waals surface area contributed by atoms with Crippen molar-refractivity contribution < 1.29 is 18.8 Å². The van der Waals surface area contributed by atoms with Crippen molar-refractivity contribution in [2.24, 2.45) is 0 Å². The van der Waals surface area contributed by atoms with E-state index in [1.54, 1.807) is 12.1 Å². The molecule has 0 bridgehead atoms. The second kappa shape index (κ2) is 6.47. The Morgan fingerprint density at radius 2 is 1.84 bits per heavy atom. The zero-order valence-corrected chi connectivity index (χ0v) is 13.9. The van der Waals surface area contributed by atoms with Crippen LogP contribution >= 0.6 is 0 Å². The number of carbonyl (C=O) groups excluding carboxylic acids is 3. The molecule has 3 amide bonds. The second-order valence-electron chi connectivity index (χ2n) is 5.98. The van der Waals surface area contributed by atoms with E-state index in [1.807, 2.05) is 19.9 Å². The van der Waals surface area contributed by atoms with E-state index < -0.39 is 17.6 Å². The summed E-state index contributed by atoms with van der Waals surface area (Å²) >= 11 is 0. The van der Waals surface area contributed by atoms with Crippen LogP contribution in [0.25, 0.3) is 0 Å². The molecule has 2 aromatic rings. The lowest BCUT2D eigenvalue weighted by molar-refractivity contribution is 0.0648. The number of nitrogens with one attached hydrogen (secondary N) is 1. The van der Waals surface area contributed by atoms with E-state index >= 15 is 0 Å². The zero-order valence-electron chi connectivity index (χ0n) is 13.9. The number of imide groups is 1. The van der Waals surface area contributed by atoms with Gasteiger partial charge in [-0.05, 0) is 49.2 Å². The molecule has 25 heavy (non-hydrogen) atoms. The fourth-order valence-electron chi connectivity index (χ4n) is 2.76. The average molecular weight is 340 g/mol. The van der Waals surface area contributed by atoms with Gasteiger partial charge in [-0.15, -0.1) is 0 Å². The quantitative estimate of drug-likeness (QED) is 0.870. The number of fused-ring (bicyclic) bond motifs is 1. The summed E-state index contributed by atoms with van der Waals surface area (Å²) in [6.45, 7) is 3.96. The van der Waals surface area contributed by atoms with Crippen LogP contribution < -0.4 is 5.32 Å². The maximum Gasteiger partial charge on any atom is 0.264 e. The summed E-state index contributed by atoms with van der Waals surface area (Å²) in [6, 6.07) is 9.32. The molecule has 6 heteroatoms. The van der Waals surface area contributed by atoms with E-state index in [0.29, 0.717) is 5.56 Å². The highest BCUT2D eigenvalue weighted by Gasteiger charge is 2.37. The Morgan fingerprint density at radius 3 is 2.52 bits per heavy atom. The Morgan fingerprint density at radius 1 is 1.08 bits per heavy atom. The molecule has 0 atom stereocenters. The van der Waals surface area contributed by atoms with Crippen molar-refractivity contribution in [3.05, 3.63) is 70.0 Å². The smallest absolute Gasteiger partial charge is 0.264 e. The van der Waals surface area contributed by atoms with Gasteiger partial charge in [0.05, 0.1) is 11.1 Å². The predicted octanol–water partition coefficient (Wildman–Crippen LogP) is 2.47. The third-order valence-corrected chi connectivity index (χ3v) is 4.34. The van der Waals surface area contributed by atoms with Gasteiger partial charge in [-0.3, -0.25) is 19.3 Å². The number of hydrogen-bond donors (Lipinski definition) is 1. The van der Waals surface area contributed by atoms with Crippen molar-refractivity contribution in [2.45, 2.75) is 13.8 Å². The van der Waals surface area contributed by atoms with E-state index in [9.17, 15) is 18.8 Å². The van der Waals surface area contributed by atoms with E-state index in [0.717, 1.165) is 22.1 Å². The lowest BCUT2D eigenvalue weighted by atomic mass is 10.1. The SMILES string of the molecule is Cc1ccc(C(=O)NCCN2C(=O)c3cccc(F)c3C2=O)cc1C. The Kier molecular flexibility index (Phi) is 4.35. The minimum atomic E-state index is -0.711. The first kappa shape index (κ1) is 16.8. The highest BCUT2D eigenvalue weighted by atomic mass is 19.1. The molecule has 3 rings (SSSR count). The number of rotatable bonds is 4. The largest absolute Gasteiger partial charge is 0.350 e. The molecule has 0 unspecified atom stereocenters. The third kappa shape index (κ3) is 3.03. The molecular formula is C19H17FN2O3. The van der Waals surface area contributed by atoms with Gasteiger partial charge in [0.2, 0.25) is 0 Å². The van der Waals surface area contributed by atoms with Crippen LogP contribution in [-0.2, 0) is 0 Å². The van der Waals surface area contributed by atoms with Crippen molar-refractivity contribution in [3.8, 4) is 0 Å². The molecule has 0 aliphatic carbocycles. The fraction of sp³-hybridized carbons (Fsp3) is 0.211. The highest BCUT2D eigenvalue weighted by Crippen LogP contribution is 2.24. The first-order chi connectivity index (χ1) is 11.9. The predicted molar refractivity (Wildman–Crippen MR) is 90.0 cm³/mol. The number of amides is 3. The Balaban J connectivity index is 1.64. The van der Waals surface area contributed by atoms with Crippen LogP contribution in [-0.4, -0.2) is 35.7 Å². The van der Waals surface area contributed by atoms with Crippen LogP contribution in [0.2, 0.25) is 0 Å². The normalized spacial score (nSPS) is 13.2. The molecule has 2 aromatic carbocycles. The number of hydrogen-bond acceptors (Lipinski definition) is 3. The van der Waals surface area contributed by atoms with Crippen LogP contribution in [0, 0.1) is 19.7 Å². The standard InChI is InChI=1S/C19H17FN2O3/c1-11-6-7-13(10-12(11)2)17(23)21-8-9-22-18(24)14-4-3-5-15(20)16(14)19(22)25/h3-7,10H,8-9H2,1-2H3,(H,21,23). The monoisotopic (exact) mass is 340 g/mol. The molecule has 1 heterocycles. The van der Waals surface area contributed by atoms with Gasteiger partial charge in [-0.1, -0.05) is 12.1 Å². The first-order valence-electron chi connectivity index (χ1n) is 7.90. The zero-order chi connectivity index (χ0) is 18.1. The van der Waals surface area contributed by atoms with Crippen LogP contribution in [0.5, 0.6) is 0 Å². The maximum absolute atomic E-state index is 13.8. The molecule has 0 radical (unpaired) electrons. The lowest BCUT2D eigenvalue weighted by Gasteiger charge is -2.14. The topological polar surface area (TPSA) is 66.5 Å². The van der Waals surface area contributed by atoms with Gasteiger partial charge >= 0.3 is 0 Å². The molecule has 128 valence electrons. The van der Waals surface area contributed by atoms with Gasteiger partial charge < -0.3 is 5.32 Å². The summed E-state index contributed by atoms with van der Waals surface area (Å²) in [5.41, 5.74) is 2.46. The molecule has 0 saturated heterocycles. The lowest BCUT2D eigenvalue weighted by Crippen LogP contribution is -2.38. The maximum atomic E-state index is 13.8. The Hall–Kier alpha value is -3.02. The molecule has 5 nitrogen and oxygen atoms in total. The molecule has 0 spiro atoms. The summed E-state index contributed by atoms with van der Waals surface area (Å²) in [5.74, 6) is -2.21. The van der Waals surface area contributed by atoms with Crippen LogP contribution in [0.3, 0.4) is 0 Å². The van der Waals surface area contributed by atoms with Gasteiger partial charge in [0, 0.05) is 18.7 Å². The van der Waals surface area contributed by atoms with Gasteiger partial charge in [0.15, 0.2) is 0 Å². The second-order valence-corrected chi connectivity index (χ2v) is 5.98. The number of halogens is 1. The number of benzene rings is 2. The summed E-state index contributed by atoms with van der Waals surface area (Å²) in [7, 11) is 0. The molecule has 1 N–H and O–H groups in total. The van der Waals surface area contributed by atoms with Gasteiger partial charge in [0.1, 0.15) is 5.82 Å².